The van der Waals surface area contributed by atoms with E-state index in [1.807, 2.05) is 59.5 Å². The van der Waals surface area contributed by atoms with Crippen molar-refractivity contribution in [2.24, 2.45) is 0 Å². The summed E-state index contributed by atoms with van der Waals surface area (Å²) in [6, 6.07) is 17.3. The van der Waals surface area contributed by atoms with Gasteiger partial charge >= 0.3 is 0 Å². The molecule has 24 heavy (non-hydrogen) atoms. The Morgan fingerprint density at radius 2 is 1.62 bits per heavy atom. The van der Waals surface area contributed by atoms with Crippen LogP contribution in [0.2, 0.25) is 5.02 Å². The van der Waals surface area contributed by atoms with E-state index in [4.69, 9.17) is 16.3 Å². The highest BCUT2D eigenvalue weighted by molar-refractivity contribution is 6.33. The number of benzene rings is 2. The van der Waals surface area contributed by atoms with Gasteiger partial charge in [0.25, 0.3) is 5.91 Å². The molecule has 1 saturated heterocycles. The maximum atomic E-state index is 12.6. The monoisotopic (exact) mass is 344 g/mol. The normalized spacial score (nSPS) is 15.9. The summed E-state index contributed by atoms with van der Waals surface area (Å²) in [5.74, 6) is 0.741. The van der Waals surface area contributed by atoms with E-state index in [2.05, 4.69) is 4.90 Å². The van der Waals surface area contributed by atoms with Gasteiger partial charge in [0, 0.05) is 26.2 Å². The largest absolute Gasteiger partial charge is 0.481 e. The molecule has 1 fully saturated rings. The van der Waals surface area contributed by atoms with Gasteiger partial charge in [-0.05, 0) is 31.2 Å². The summed E-state index contributed by atoms with van der Waals surface area (Å²) in [7, 11) is 0. The third kappa shape index (κ3) is 3.82. The predicted molar refractivity (Wildman–Crippen MR) is 96.8 cm³/mol. The first-order chi connectivity index (χ1) is 11.6. The number of rotatable bonds is 4. The van der Waals surface area contributed by atoms with Crippen LogP contribution in [-0.2, 0) is 4.79 Å². The molecule has 1 heterocycles. The minimum absolute atomic E-state index is 0.0256. The Kier molecular flexibility index (Phi) is 5.26. The first-order valence-electron chi connectivity index (χ1n) is 8.15. The SMILES string of the molecule is CC(Oc1ccccc1)C(=O)N1CCN(c2ccccc2Cl)CC1. The lowest BCUT2D eigenvalue weighted by Gasteiger charge is -2.37. The molecule has 0 saturated carbocycles. The van der Waals surface area contributed by atoms with Crippen LogP contribution in [-0.4, -0.2) is 43.1 Å². The van der Waals surface area contributed by atoms with Gasteiger partial charge < -0.3 is 14.5 Å². The van der Waals surface area contributed by atoms with Crippen molar-refractivity contribution in [3.05, 3.63) is 59.6 Å². The third-order valence-electron chi connectivity index (χ3n) is 4.19. The van der Waals surface area contributed by atoms with Crippen LogP contribution in [0.25, 0.3) is 0 Å². The minimum atomic E-state index is -0.487. The van der Waals surface area contributed by atoms with Gasteiger partial charge in [-0.2, -0.15) is 0 Å². The second kappa shape index (κ2) is 7.58. The zero-order valence-electron chi connectivity index (χ0n) is 13.7. The van der Waals surface area contributed by atoms with Crippen LogP contribution >= 0.6 is 11.6 Å². The van der Waals surface area contributed by atoms with Gasteiger partial charge in [0.1, 0.15) is 5.75 Å². The highest BCUT2D eigenvalue weighted by atomic mass is 35.5. The lowest BCUT2D eigenvalue weighted by molar-refractivity contribution is -0.138. The van der Waals surface area contributed by atoms with Gasteiger partial charge in [0.2, 0.25) is 0 Å². The summed E-state index contributed by atoms with van der Waals surface area (Å²) < 4.78 is 5.73. The van der Waals surface area contributed by atoms with E-state index in [0.717, 1.165) is 23.8 Å². The quantitative estimate of drug-likeness (QED) is 0.851. The highest BCUT2D eigenvalue weighted by Crippen LogP contribution is 2.26. The molecule has 0 radical (unpaired) electrons. The number of hydrogen-bond donors (Lipinski definition) is 0. The molecule has 3 rings (SSSR count). The number of halogens is 1. The van der Waals surface area contributed by atoms with E-state index in [9.17, 15) is 4.79 Å². The fourth-order valence-electron chi connectivity index (χ4n) is 2.89. The number of amides is 1. The van der Waals surface area contributed by atoms with Crippen molar-refractivity contribution in [1.29, 1.82) is 0 Å². The second-order valence-electron chi connectivity index (χ2n) is 5.84. The fourth-order valence-corrected chi connectivity index (χ4v) is 3.14. The molecule has 2 aromatic rings. The molecule has 0 aliphatic carbocycles. The molecular weight excluding hydrogens is 324 g/mol. The van der Waals surface area contributed by atoms with E-state index in [-0.39, 0.29) is 5.91 Å². The van der Waals surface area contributed by atoms with E-state index in [1.165, 1.54) is 0 Å². The molecule has 126 valence electrons. The number of anilines is 1. The molecule has 4 nitrogen and oxygen atoms in total. The molecule has 1 aliphatic rings. The van der Waals surface area contributed by atoms with Crippen molar-refractivity contribution >= 4 is 23.2 Å². The summed E-state index contributed by atoms with van der Waals surface area (Å²) in [6.45, 7) is 4.69. The van der Waals surface area contributed by atoms with Gasteiger partial charge in [-0.15, -0.1) is 0 Å². The van der Waals surface area contributed by atoms with E-state index in [0.29, 0.717) is 18.8 Å². The molecule has 1 aliphatic heterocycles. The molecular formula is C19H21ClN2O2. The molecule has 5 heteroatoms. The molecule has 0 spiro atoms. The molecule has 0 N–H and O–H groups in total. The van der Waals surface area contributed by atoms with Crippen LogP contribution in [0.1, 0.15) is 6.92 Å². The smallest absolute Gasteiger partial charge is 0.263 e. The Balaban J connectivity index is 1.56. The molecule has 1 atom stereocenters. The van der Waals surface area contributed by atoms with Crippen LogP contribution in [0.3, 0.4) is 0 Å². The highest BCUT2D eigenvalue weighted by Gasteiger charge is 2.26. The van der Waals surface area contributed by atoms with Crippen molar-refractivity contribution in [3.63, 3.8) is 0 Å². The predicted octanol–water partition coefficient (Wildman–Crippen LogP) is 3.46. The Morgan fingerprint density at radius 3 is 2.29 bits per heavy atom. The van der Waals surface area contributed by atoms with Crippen LogP contribution in [0.4, 0.5) is 5.69 Å². The number of carbonyl (C=O) groups is 1. The zero-order valence-corrected chi connectivity index (χ0v) is 14.4. The Morgan fingerprint density at radius 1 is 1.00 bits per heavy atom. The zero-order chi connectivity index (χ0) is 16.9. The summed E-state index contributed by atoms with van der Waals surface area (Å²) in [5, 5.41) is 0.748. The first-order valence-corrected chi connectivity index (χ1v) is 8.53. The van der Waals surface area contributed by atoms with Crippen molar-refractivity contribution in [3.8, 4) is 5.75 Å². The molecule has 0 bridgehead atoms. The average molecular weight is 345 g/mol. The fraction of sp³-hybridized carbons (Fsp3) is 0.316. The standard InChI is InChI=1S/C19H21ClN2O2/c1-15(24-16-7-3-2-4-8-16)19(23)22-13-11-21(12-14-22)18-10-6-5-9-17(18)20/h2-10,15H,11-14H2,1H3. The topological polar surface area (TPSA) is 32.8 Å². The van der Waals surface area contributed by atoms with Gasteiger partial charge in [-0.1, -0.05) is 41.9 Å². The number of hydrogen-bond acceptors (Lipinski definition) is 3. The Hall–Kier alpha value is -2.20. The lowest BCUT2D eigenvalue weighted by Crippen LogP contribution is -2.52. The van der Waals surface area contributed by atoms with E-state index >= 15 is 0 Å². The molecule has 0 aromatic heterocycles. The number of nitrogens with zero attached hydrogens (tertiary/aromatic N) is 2. The summed E-state index contributed by atoms with van der Waals surface area (Å²) in [6.07, 6.45) is -0.487. The minimum Gasteiger partial charge on any atom is -0.481 e. The van der Waals surface area contributed by atoms with Crippen LogP contribution in [0.15, 0.2) is 54.6 Å². The van der Waals surface area contributed by atoms with Crippen LogP contribution in [0.5, 0.6) is 5.75 Å². The van der Waals surface area contributed by atoms with Gasteiger partial charge in [-0.25, -0.2) is 0 Å². The number of carbonyl (C=O) groups excluding carboxylic acids is 1. The lowest BCUT2D eigenvalue weighted by atomic mass is 10.2. The van der Waals surface area contributed by atoms with E-state index < -0.39 is 6.10 Å². The van der Waals surface area contributed by atoms with E-state index in [1.54, 1.807) is 6.92 Å². The molecule has 2 aromatic carbocycles. The molecule has 1 amide bonds. The van der Waals surface area contributed by atoms with Crippen molar-refractivity contribution in [2.45, 2.75) is 13.0 Å². The summed E-state index contributed by atoms with van der Waals surface area (Å²) in [5.41, 5.74) is 1.03. The molecule has 1 unspecified atom stereocenters. The Labute approximate surface area is 147 Å². The maximum Gasteiger partial charge on any atom is 0.263 e. The van der Waals surface area contributed by atoms with Crippen molar-refractivity contribution in [2.75, 3.05) is 31.1 Å². The van der Waals surface area contributed by atoms with Gasteiger partial charge in [0.15, 0.2) is 6.10 Å². The number of piperazine rings is 1. The third-order valence-corrected chi connectivity index (χ3v) is 4.51. The van der Waals surface area contributed by atoms with Crippen LogP contribution < -0.4 is 9.64 Å². The summed E-state index contributed by atoms with van der Waals surface area (Å²) in [4.78, 5) is 16.6. The van der Waals surface area contributed by atoms with Crippen LogP contribution in [0, 0.1) is 0 Å². The Bertz CT molecular complexity index is 685. The number of ether oxygens (including phenoxy) is 1. The van der Waals surface area contributed by atoms with Crippen molar-refractivity contribution in [1.82, 2.24) is 4.90 Å². The average Bonchev–Trinajstić information content (AvgIpc) is 2.62. The first kappa shape index (κ1) is 16.7. The second-order valence-corrected chi connectivity index (χ2v) is 6.24. The summed E-state index contributed by atoms with van der Waals surface area (Å²) >= 11 is 6.26. The maximum absolute atomic E-state index is 12.6. The van der Waals surface area contributed by atoms with Crippen molar-refractivity contribution < 1.29 is 9.53 Å². The van der Waals surface area contributed by atoms with Gasteiger partial charge in [-0.3, -0.25) is 4.79 Å². The number of para-hydroxylation sites is 2. The van der Waals surface area contributed by atoms with Gasteiger partial charge in [0.05, 0.1) is 10.7 Å².